The molecule has 2 aliphatic heterocycles. The van der Waals surface area contributed by atoms with Crippen LogP contribution in [0.2, 0.25) is 5.02 Å². The van der Waals surface area contributed by atoms with Crippen LogP contribution in [0.15, 0.2) is 36.5 Å². The van der Waals surface area contributed by atoms with Crippen molar-refractivity contribution in [1.82, 2.24) is 24.7 Å². The van der Waals surface area contributed by atoms with E-state index >= 15 is 0 Å². The van der Waals surface area contributed by atoms with E-state index in [1.54, 1.807) is 4.90 Å². The second-order valence-corrected chi connectivity index (χ2v) is 11.7. The van der Waals surface area contributed by atoms with Crippen molar-refractivity contribution in [3.63, 3.8) is 0 Å². The fraction of sp³-hybridized carbons (Fsp3) is 0.387. The number of ether oxygens (including phenoxy) is 1. The Morgan fingerprint density at radius 3 is 2.41 bits per heavy atom. The number of halogens is 3. The number of likely N-dealkylation sites (tertiary alicyclic amines) is 2. The number of carboxylic acid groups (broad SMARTS) is 1. The van der Waals surface area contributed by atoms with Crippen molar-refractivity contribution < 1.29 is 37.8 Å². The molecule has 3 N–H and O–H groups in total. The number of anilines is 1. The number of amides is 4. The summed E-state index contributed by atoms with van der Waals surface area (Å²) < 4.78 is 35.0. The molecule has 1 unspecified atom stereocenters. The fourth-order valence-electron chi connectivity index (χ4n) is 5.83. The Labute approximate surface area is 268 Å². The number of imidazole rings is 1. The zero-order valence-corrected chi connectivity index (χ0v) is 25.9. The first-order valence-electron chi connectivity index (χ1n) is 14.7. The summed E-state index contributed by atoms with van der Waals surface area (Å²) in [5.41, 5.74) is 0.630. The van der Waals surface area contributed by atoms with Gasteiger partial charge in [-0.3, -0.25) is 14.4 Å². The van der Waals surface area contributed by atoms with Gasteiger partial charge in [-0.1, -0.05) is 11.6 Å². The zero-order chi connectivity index (χ0) is 33.1. The third-order valence-electron chi connectivity index (χ3n) is 8.37. The highest BCUT2D eigenvalue weighted by Gasteiger charge is 2.30. The Hall–Kier alpha value is -4.72. The highest BCUT2D eigenvalue weighted by molar-refractivity contribution is 6.34. The van der Waals surface area contributed by atoms with E-state index in [2.05, 4.69) is 15.6 Å². The molecule has 5 rings (SSSR count). The van der Waals surface area contributed by atoms with Crippen molar-refractivity contribution in [2.24, 2.45) is 13.0 Å². The van der Waals surface area contributed by atoms with Crippen LogP contribution in [0.5, 0.6) is 5.75 Å². The predicted octanol–water partition coefficient (Wildman–Crippen LogP) is 4.39. The highest BCUT2D eigenvalue weighted by Crippen LogP contribution is 2.30. The van der Waals surface area contributed by atoms with Crippen molar-refractivity contribution in [3.8, 4) is 17.0 Å². The lowest BCUT2D eigenvalue weighted by molar-refractivity contribution is -0.122. The first-order valence-corrected chi connectivity index (χ1v) is 15.1. The van der Waals surface area contributed by atoms with E-state index in [0.717, 1.165) is 0 Å². The monoisotopic (exact) mass is 658 g/mol. The van der Waals surface area contributed by atoms with Gasteiger partial charge in [-0.25, -0.2) is 14.2 Å². The van der Waals surface area contributed by atoms with E-state index in [4.69, 9.17) is 21.4 Å². The van der Waals surface area contributed by atoms with Gasteiger partial charge in [-0.2, -0.15) is 4.39 Å². The Morgan fingerprint density at radius 2 is 1.76 bits per heavy atom. The maximum Gasteiger partial charge on any atom is 0.407 e. The number of hydrogen-bond acceptors (Lipinski definition) is 6. The second-order valence-electron chi connectivity index (χ2n) is 11.3. The van der Waals surface area contributed by atoms with Gasteiger partial charge in [0.2, 0.25) is 11.7 Å². The molecule has 1 aromatic heterocycles. The van der Waals surface area contributed by atoms with Crippen molar-refractivity contribution >= 4 is 41.1 Å². The van der Waals surface area contributed by atoms with E-state index in [9.17, 15) is 28.0 Å². The van der Waals surface area contributed by atoms with Gasteiger partial charge in [-0.15, -0.1) is 0 Å². The molecule has 4 amide bonds. The molecule has 3 heterocycles. The molecular weight excluding hydrogens is 626 g/mol. The number of nitrogens with zero attached hydrogens (tertiary/aromatic N) is 4. The van der Waals surface area contributed by atoms with Crippen LogP contribution in [0.3, 0.4) is 0 Å². The molecule has 0 saturated carbocycles. The molecule has 2 fully saturated rings. The van der Waals surface area contributed by atoms with Gasteiger partial charge in [0.1, 0.15) is 0 Å². The summed E-state index contributed by atoms with van der Waals surface area (Å²) in [4.78, 5) is 56.9. The number of hydrogen-bond donors (Lipinski definition) is 3. The molecule has 1 atom stereocenters. The number of aromatic nitrogens is 2. The molecule has 2 aromatic carbocycles. The predicted molar refractivity (Wildman–Crippen MR) is 164 cm³/mol. The minimum atomic E-state index is -1.15. The number of piperidine rings is 1. The molecule has 0 aliphatic carbocycles. The standard InChI is InChI=1S/C31H33ClF2N6O6/c1-38-23(21-5-6-24(46-2)27(34)26(21)33)15-35-28(38)29(42)37-19-3-4-20(22(32)14-19)30(43)39-11-8-18(9-12-39)36-25(41)13-17-7-10-40(16-17)31(44)45/h3-6,14-15,17-18H,7-13,16H2,1-2H3,(H,36,41)(H,37,42)(H,44,45). The summed E-state index contributed by atoms with van der Waals surface area (Å²) in [6, 6.07) is 7.00. The molecule has 3 aromatic rings. The molecule has 0 bridgehead atoms. The lowest BCUT2D eigenvalue weighted by Crippen LogP contribution is -2.46. The van der Waals surface area contributed by atoms with Crippen LogP contribution in [0, 0.1) is 17.6 Å². The maximum absolute atomic E-state index is 14.6. The van der Waals surface area contributed by atoms with Crippen molar-refractivity contribution in [2.75, 3.05) is 38.6 Å². The fourth-order valence-corrected chi connectivity index (χ4v) is 6.09. The molecule has 0 spiro atoms. The smallest absolute Gasteiger partial charge is 0.407 e. The largest absolute Gasteiger partial charge is 0.494 e. The minimum absolute atomic E-state index is 0.00346. The van der Waals surface area contributed by atoms with E-state index in [0.29, 0.717) is 51.1 Å². The molecule has 12 nitrogen and oxygen atoms in total. The van der Waals surface area contributed by atoms with E-state index in [1.807, 2.05) is 0 Å². The number of rotatable bonds is 8. The number of benzene rings is 2. The first kappa shape index (κ1) is 32.7. The van der Waals surface area contributed by atoms with E-state index < -0.39 is 23.6 Å². The van der Waals surface area contributed by atoms with Gasteiger partial charge in [-0.05, 0) is 55.5 Å². The van der Waals surface area contributed by atoms with Crippen molar-refractivity contribution in [1.29, 1.82) is 0 Å². The lowest BCUT2D eigenvalue weighted by atomic mass is 10.0. The maximum atomic E-state index is 14.6. The lowest BCUT2D eigenvalue weighted by Gasteiger charge is -2.33. The summed E-state index contributed by atoms with van der Waals surface area (Å²) in [5.74, 6) is -3.63. The van der Waals surface area contributed by atoms with Crippen LogP contribution in [0.25, 0.3) is 11.3 Å². The number of carbonyl (C=O) groups is 4. The molecule has 244 valence electrons. The first-order chi connectivity index (χ1) is 22.0. The van der Waals surface area contributed by atoms with Gasteiger partial charge in [0, 0.05) is 56.9 Å². The molecule has 15 heteroatoms. The average molecular weight is 659 g/mol. The zero-order valence-electron chi connectivity index (χ0n) is 25.2. The van der Waals surface area contributed by atoms with Crippen LogP contribution >= 0.6 is 11.6 Å². The van der Waals surface area contributed by atoms with Gasteiger partial charge in [0.25, 0.3) is 11.8 Å². The second kappa shape index (κ2) is 13.7. The summed E-state index contributed by atoms with van der Waals surface area (Å²) >= 11 is 6.45. The van der Waals surface area contributed by atoms with Crippen molar-refractivity contribution in [3.05, 3.63) is 64.6 Å². The quantitative estimate of drug-likeness (QED) is 0.325. The van der Waals surface area contributed by atoms with Crippen LogP contribution in [0.1, 0.15) is 46.7 Å². The van der Waals surface area contributed by atoms with Gasteiger partial charge in [0.15, 0.2) is 17.4 Å². The van der Waals surface area contributed by atoms with Crippen LogP contribution < -0.4 is 15.4 Å². The minimum Gasteiger partial charge on any atom is -0.494 e. The number of carbonyl (C=O) groups excluding carboxylic acids is 3. The van der Waals surface area contributed by atoms with Crippen LogP contribution in [-0.2, 0) is 11.8 Å². The third-order valence-corrected chi connectivity index (χ3v) is 8.68. The Kier molecular flexibility index (Phi) is 9.75. The molecular formula is C31H33ClF2N6O6. The van der Waals surface area contributed by atoms with Gasteiger partial charge in [0.05, 0.1) is 29.6 Å². The molecule has 46 heavy (non-hydrogen) atoms. The average Bonchev–Trinajstić information content (AvgIpc) is 3.65. The van der Waals surface area contributed by atoms with E-state index in [-0.39, 0.29) is 63.6 Å². The Bertz CT molecular complexity index is 1680. The summed E-state index contributed by atoms with van der Waals surface area (Å²) in [6.45, 7) is 1.62. The number of methoxy groups -OCH3 is 1. The highest BCUT2D eigenvalue weighted by atomic mass is 35.5. The van der Waals surface area contributed by atoms with Gasteiger partial charge >= 0.3 is 6.09 Å². The van der Waals surface area contributed by atoms with Crippen molar-refractivity contribution in [2.45, 2.75) is 31.7 Å². The van der Waals surface area contributed by atoms with Gasteiger partial charge < -0.3 is 34.8 Å². The van der Waals surface area contributed by atoms with Crippen LogP contribution in [-0.4, -0.2) is 87.6 Å². The topological polar surface area (TPSA) is 146 Å². The Morgan fingerprint density at radius 1 is 1.04 bits per heavy atom. The summed E-state index contributed by atoms with van der Waals surface area (Å²) in [7, 11) is 2.72. The SMILES string of the molecule is COc1ccc(-c2cnc(C(=O)Nc3ccc(C(=O)N4CCC(NC(=O)CC5CCN(C(=O)O)C5)CC4)c(Cl)c3)n2C)c(F)c1F. The normalized spacial score (nSPS) is 16.8. The third kappa shape index (κ3) is 6.91. The summed E-state index contributed by atoms with van der Waals surface area (Å²) in [5, 5.41) is 14.9. The van der Waals surface area contributed by atoms with Crippen LogP contribution in [0.4, 0.5) is 19.3 Å². The molecule has 2 aliphatic rings. The molecule has 2 saturated heterocycles. The number of nitrogens with one attached hydrogen (secondary N) is 2. The molecule has 0 radical (unpaired) electrons. The Balaban J connectivity index is 1.15. The van der Waals surface area contributed by atoms with E-state index in [1.165, 1.54) is 60.2 Å². The summed E-state index contributed by atoms with van der Waals surface area (Å²) in [6.07, 6.45) is 2.34.